The lowest BCUT2D eigenvalue weighted by Gasteiger charge is -2.13. The van der Waals surface area contributed by atoms with E-state index in [-0.39, 0.29) is 23.8 Å². The van der Waals surface area contributed by atoms with Gasteiger partial charge in [-0.2, -0.15) is 0 Å². The Morgan fingerprint density at radius 3 is 2.45 bits per heavy atom. The van der Waals surface area contributed by atoms with Crippen molar-refractivity contribution in [2.24, 2.45) is 0 Å². The van der Waals surface area contributed by atoms with Gasteiger partial charge in [0.2, 0.25) is 0 Å². The summed E-state index contributed by atoms with van der Waals surface area (Å²) in [5, 5.41) is 0. The lowest BCUT2D eigenvalue weighted by molar-refractivity contribution is 0.284. The van der Waals surface area contributed by atoms with Gasteiger partial charge in [-0.05, 0) is 37.3 Å². The molecule has 22 heavy (non-hydrogen) atoms. The number of aromatic nitrogens is 2. The van der Waals surface area contributed by atoms with E-state index in [0.717, 1.165) is 12.8 Å². The first-order valence-electron chi connectivity index (χ1n) is 7.06. The Hall–Kier alpha value is -2.24. The molecule has 1 aromatic heterocycles. The largest absolute Gasteiger partial charge is 0.494 e. The van der Waals surface area contributed by atoms with Gasteiger partial charge in [0.05, 0.1) is 25.1 Å². The molecule has 0 N–H and O–H groups in total. The van der Waals surface area contributed by atoms with Crippen LogP contribution in [0.5, 0.6) is 11.5 Å². The number of halogens is 2. The van der Waals surface area contributed by atoms with Gasteiger partial charge in [0.15, 0.2) is 17.3 Å². The molecule has 1 saturated carbocycles. The van der Waals surface area contributed by atoms with Crippen LogP contribution in [0.2, 0.25) is 0 Å². The van der Waals surface area contributed by atoms with Crippen LogP contribution in [0.3, 0.4) is 0 Å². The lowest BCUT2D eigenvalue weighted by atomic mass is 10.0. The van der Waals surface area contributed by atoms with Gasteiger partial charge in [-0.3, -0.25) is 0 Å². The summed E-state index contributed by atoms with van der Waals surface area (Å²) < 4.78 is 39.2. The summed E-state index contributed by atoms with van der Waals surface area (Å²) in [5.74, 6) is -0.119. The van der Waals surface area contributed by atoms with Crippen molar-refractivity contribution in [3.8, 4) is 11.5 Å². The Morgan fingerprint density at radius 1 is 1.18 bits per heavy atom. The van der Waals surface area contributed by atoms with E-state index < -0.39 is 11.6 Å². The number of rotatable bonds is 5. The summed E-state index contributed by atoms with van der Waals surface area (Å²) in [6.07, 6.45) is 4.77. The van der Waals surface area contributed by atoms with Gasteiger partial charge < -0.3 is 9.47 Å². The molecule has 6 heteroatoms. The monoisotopic (exact) mass is 306 g/mol. The number of hydrogen-bond donors (Lipinski definition) is 0. The van der Waals surface area contributed by atoms with Crippen LogP contribution < -0.4 is 9.47 Å². The Morgan fingerprint density at radius 2 is 1.86 bits per heavy atom. The Balaban J connectivity index is 1.88. The molecule has 2 aromatic rings. The maximum absolute atomic E-state index is 14.5. The van der Waals surface area contributed by atoms with Crippen LogP contribution in [0.15, 0.2) is 18.5 Å². The highest BCUT2D eigenvalue weighted by Crippen LogP contribution is 2.44. The van der Waals surface area contributed by atoms with Crippen molar-refractivity contribution in [1.82, 2.24) is 9.97 Å². The fourth-order valence-corrected chi connectivity index (χ4v) is 2.26. The summed E-state index contributed by atoms with van der Waals surface area (Å²) in [4.78, 5) is 7.95. The van der Waals surface area contributed by atoms with Crippen molar-refractivity contribution < 1.29 is 18.3 Å². The van der Waals surface area contributed by atoms with Crippen LogP contribution in [0.4, 0.5) is 8.78 Å². The molecule has 0 saturated heterocycles. The molecule has 1 heterocycles. The van der Waals surface area contributed by atoms with Crippen molar-refractivity contribution in [2.75, 3.05) is 7.11 Å². The van der Waals surface area contributed by atoms with Crippen LogP contribution in [0.25, 0.3) is 0 Å². The molecule has 1 aliphatic carbocycles. The van der Waals surface area contributed by atoms with E-state index in [2.05, 4.69) is 9.97 Å². The molecule has 116 valence electrons. The molecule has 0 radical (unpaired) electrons. The smallest absolute Gasteiger partial charge is 0.174 e. The van der Waals surface area contributed by atoms with Gasteiger partial charge in [0, 0.05) is 0 Å². The van der Waals surface area contributed by atoms with E-state index in [1.54, 1.807) is 6.92 Å². The molecule has 0 bridgehead atoms. The Bertz CT molecular complexity index is 686. The topological polar surface area (TPSA) is 44.2 Å². The van der Waals surface area contributed by atoms with E-state index >= 15 is 0 Å². The molecule has 1 aromatic carbocycles. The van der Waals surface area contributed by atoms with Crippen LogP contribution in [-0.2, 0) is 6.61 Å². The summed E-state index contributed by atoms with van der Waals surface area (Å²) in [5.41, 5.74) is 0.374. The van der Waals surface area contributed by atoms with Crippen molar-refractivity contribution in [3.63, 3.8) is 0 Å². The second-order valence-electron chi connectivity index (χ2n) is 5.30. The second-order valence-corrected chi connectivity index (χ2v) is 5.30. The predicted molar refractivity (Wildman–Crippen MR) is 76.0 cm³/mol. The van der Waals surface area contributed by atoms with Gasteiger partial charge in [-0.25, -0.2) is 18.7 Å². The second kappa shape index (κ2) is 5.87. The van der Waals surface area contributed by atoms with Crippen molar-refractivity contribution in [1.29, 1.82) is 0 Å². The van der Waals surface area contributed by atoms with Crippen LogP contribution >= 0.6 is 0 Å². The molecular weight excluding hydrogens is 290 g/mol. The molecule has 0 aliphatic heterocycles. The molecule has 0 amide bonds. The summed E-state index contributed by atoms with van der Waals surface area (Å²) in [6, 6.07) is 1.45. The minimum atomic E-state index is -0.725. The number of ether oxygens (including phenoxy) is 2. The lowest BCUT2D eigenvalue weighted by Crippen LogP contribution is -2.07. The first-order chi connectivity index (χ1) is 10.6. The molecule has 1 fully saturated rings. The number of nitrogens with zero attached hydrogens (tertiary/aromatic N) is 2. The fourth-order valence-electron chi connectivity index (χ4n) is 2.26. The van der Waals surface area contributed by atoms with Crippen molar-refractivity contribution >= 4 is 0 Å². The van der Waals surface area contributed by atoms with E-state index in [4.69, 9.17) is 9.47 Å². The van der Waals surface area contributed by atoms with Gasteiger partial charge in [0.1, 0.15) is 18.2 Å². The molecule has 0 unspecified atom stereocenters. The van der Waals surface area contributed by atoms with Crippen LogP contribution in [0, 0.1) is 18.6 Å². The first-order valence-corrected chi connectivity index (χ1v) is 7.06. The average Bonchev–Trinajstić information content (AvgIpc) is 3.34. The highest BCUT2D eigenvalue weighted by atomic mass is 19.1. The van der Waals surface area contributed by atoms with E-state index in [1.165, 1.54) is 25.6 Å². The molecule has 0 atom stereocenters. The van der Waals surface area contributed by atoms with Gasteiger partial charge in [0.25, 0.3) is 0 Å². The highest BCUT2D eigenvalue weighted by molar-refractivity contribution is 5.41. The Kier molecular flexibility index (Phi) is 3.92. The van der Waals surface area contributed by atoms with Gasteiger partial charge >= 0.3 is 0 Å². The number of hydrogen-bond acceptors (Lipinski definition) is 4. The van der Waals surface area contributed by atoms with E-state index in [1.807, 2.05) is 0 Å². The standard InChI is InChI=1S/C16H16F2N2O2/c1-9-19-6-11(7-20-9)22-8-13-15(17)12(10-3-4-10)5-14(21-2)16(13)18/h5-7,10H,3-4,8H2,1-2H3. The molecular formula is C16H16F2N2O2. The highest BCUT2D eigenvalue weighted by Gasteiger charge is 2.30. The molecule has 3 rings (SSSR count). The quantitative estimate of drug-likeness (QED) is 0.847. The molecule has 1 aliphatic rings. The van der Waals surface area contributed by atoms with Crippen molar-refractivity contribution in [2.45, 2.75) is 32.3 Å². The van der Waals surface area contributed by atoms with E-state index in [0.29, 0.717) is 17.1 Å². The predicted octanol–water partition coefficient (Wildman–Crippen LogP) is 3.53. The maximum Gasteiger partial charge on any atom is 0.174 e. The minimum absolute atomic E-state index is 0.0436. The fraction of sp³-hybridized carbons (Fsp3) is 0.375. The summed E-state index contributed by atoms with van der Waals surface area (Å²) in [7, 11) is 1.37. The first kappa shape index (κ1) is 14.7. The third kappa shape index (κ3) is 2.86. The van der Waals surface area contributed by atoms with E-state index in [9.17, 15) is 8.78 Å². The average molecular weight is 306 g/mol. The SMILES string of the molecule is COc1cc(C2CC2)c(F)c(COc2cnc(C)nc2)c1F. The zero-order chi connectivity index (χ0) is 15.7. The molecule has 0 spiro atoms. The third-order valence-electron chi connectivity index (χ3n) is 3.66. The zero-order valence-corrected chi connectivity index (χ0v) is 12.4. The van der Waals surface area contributed by atoms with Crippen molar-refractivity contribution in [3.05, 3.63) is 47.0 Å². The minimum Gasteiger partial charge on any atom is -0.494 e. The number of methoxy groups -OCH3 is 1. The third-order valence-corrected chi connectivity index (χ3v) is 3.66. The van der Waals surface area contributed by atoms with Gasteiger partial charge in [-0.1, -0.05) is 0 Å². The summed E-state index contributed by atoms with van der Waals surface area (Å²) in [6.45, 7) is 1.51. The zero-order valence-electron chi connectivity index (χ0n) is 12.4. The van der Waals surface area contributed by atoms with Crippen LogP contribution in [-0.4, -0.2) is 17.1 Å². The summed E-state index contributed by atoms with van der Waals surface area (Å²) >= 11 is 0. The molecule has 4 nitrogen and oxygen atoms in total. The van der Waals surface area contributed by atoms with Crippen LogP contribution in [0.1, 0.15) is 35.7 Å². The Labute approximate surface area is 127 Å². The maximum atomic E-state index is 14.5. The number of aryl methyl sites for hydroxylation is 1. The normalized spacial score (nSPS) is 14.0. The van der Waals surface area contributed by atoms with Gasteiger partial charge in [-0.15, -0.1) is 0 Å². The number of benzene rings is 1.